The van der Waals surface area contributed by atoms with E-state index in [1.54, 1.807) is 0 Å². The van der Waals surface area contributed by atoms with E-state index in [1.807, 2.05) is 0 Å². The summed E-state index contributed by atoms with van der Waals surface area (Å²) in [5, 5.41) is 8.54. The highest BCUT2D eigenvalue weighted by Crippen LogP contribution is 2.19. The molecule has 0 aromatic heterocycles. The van der Waals surface area contributed by atoms with E-state index >= 15 is 0 Å². The average Bonchev–Trinajstić information content (AvgIpc) is 2.37. The van der Waals surface area contributed by atoms with Crippen molar-refractivity contribution in [2.45, 2.75) is 10.7 Å². The third kappa shape index (κ3) is 3.50. The molecule has 9 heteroatoms. The molecule has 0 radical (unpaired) electrons. The summed E-state index contributed by atoms with van der Waals surface area (Å²) in [4.78, 5) is 22.5. The number of nitrogens with zero attached hydrogens (tertiary/aromatic N) is 1. The van der Waals surface area contributed by atoms with Gasteiger partial charge in [0.15, 0.2) is 0 Å². The van der Waals surface area contributed by atoms with Crippen LogP contribution in [0.1, 0.15) is 10.4 Å². The van der Waals surface area contributed by atoms with E-state index in [2.05, 4.69) is 0 Å². The van der Waals surface area contributed by atoms with E-state index in [9.17, 15) is 26.8 Å². The fourth-order valence-electron chi connectivity index (χ4n) is 1.39. The Labute approximate surface area is 113 Å². The van der Waals surface area contributed by atoms with Crippen LogP contribution in [-0.4, -0.2) is 49.7 Å². The van der Waals surface area contributed by atoms with Gasteiger partial charge in [0.2, 0.25) is 9.84 Å². The first-order valence-electron chi connectivity index (χ1n) is 5.25. The van der Waals surface area contributed by atoms with Crippen LogP contribution in [-0.2, 0) is 14.6 Å². The number of alkyl halides is 2. The van der Waals surface area contributed by atoms with Crippen molar-refractivity contribution >= 4 is 21.7 Å². The van der Waals surface area contributed by atoms with Gasteiger partial charge in [-0.05, 0) is 24.3 Å². The number of hydrogen-bond acceptors (Lipinski definition) is 4. The van der Waals surface area contributed by atoms with Gasteiger partial charge in [-0.2, -0.15) is 8.78 Å². The molecule has 0 atom stereocenters. The molecule has 0 heterocycles. The lowest BCUT2D eigenvalue weighted by atomic mass is 10.2. The van der Waals surface area contributed by atoms with Crippen LogP contribution in [0.4, 0.5) is 8.78 Å². The molecule has 0 bridgehead atoms. The Bertz CT molecular complexity index is 612. The third-order valence-electron chi connectivity index (χ3n) is 2.38. The van der Waals surface area contributed by atoms with Crippen molar-refractivity contribution in [3.05, 3.63) is 29.8 Å². The minimum absolute atomic E-state index is 0.00182. The van der Waals surface area contributed by atoms with Crippen LogP contribution in [0.3, 0.4) is 0 Å². The van der Waals surface area contributed by atoms with Crippen molar-refractivity contribution in [1.82, 2.24) is 4.90 Å². The van der Waals surface area contributed by atoms with Gasteiger partial charge in [0, 0.05) is 12.6 Å². The number of carboxylic acids is 1. The molecule has 1 rings (SSSR count). The molecule has 0 saturated carbocycles. The van der Waals surface area contributed by atoms with Gasteiger partial charge in [-0.1, -0.05) is 0 Å². The summed E-state index contributed by atoms with van der Waals surface area (Å²) in [6, 6.07) is 3.86. The predicted octanol–water partition coefficient (Wildman–Crippen LogP) is 0.840. The Balaban J connectivity index is 2.98. The number of carbonyl (C=O) groups excluding carboxylic acids is 1. The molecule has 0 spiro atoms. The summed E-state index contributed by atoms with van der Waals surface area (Å²) in [6.45, 7) is -0.532. The van der Waals surface area contributed by atoms with E-state index in [1.165, 1.54) is 7.05 Å². The van der Waals surface area contributed by atoms with Crippen molar-refractivity contribution in [2.24, 2.45) is 0 Å². The number of halogens is 2. The smallest absolute Gasteiger partial charge is 0.341 e. The van der Waals surface area contributed by atoms with Gasteiger partial charge in [0.25, 0.3) is 5.91 Å². The first-order chi connectivity index (χ1) is 9.16. The van der Waals surface area contributed by atoms with Crippen molar-refractivity contribution in [2.75, 3.05) is 13.6 Å². The normalized spacial score (nSPS) is 11.4. The molecular formula is C11H11F2NO5S. The van der Waals surface area contributed by atoms with E-state index in [-0.39, 0.29) is 5.56 Å². The Morgan fingerprint density at radius 3 is 2.15 bits per heavy atom. The number of hydrogen-bond donors (Lipinski definition) is 1. The lowest BCUT2D eigenvalue weighted by Crippen LogP contribution is -2.31. The minimum atomic E-state index is -4.71. The Kier molecular flexibility index (Phi) is 4.77. The van der Waals surface area contributed by atoms with Crippen molar-refractivity contribution in [3.8, 4) is 0 Å². The zero-order chi connectivity index (χ0) is 15.5. The van der Waals surface area contributed by atoms with Crippen LogP contribution in [0.15, 0.2) is 29.2 Å². The molecule has 0 aliphatic carbocycles. The monoisotopic (exact) mass is 307 g/mol. The van der Waals surface area contributed by atoms with Gasteiger partial charge in [-0.25, -0.2) is 8.42 Å². The second-order valence-corrected chi connectivity index (χ2v) is 5.80. The quantitative estimate of drug-likeness (QED) is 0.870. The van der Waals surface area contributed by atoms with Crippen molar-refractivity contribution < 1.29 is 31.9 Å². The SMILES string of the molecule is CN(CC(=O)O)C(=O)c1ccc(S(=O)(=O)C(F)F)cc1. The third-order valence-corrected chi connectivity index (χ3v) is 3.78. The van der Waals surface area contributed by atoms with Gasteiger partial charge in [0.1, 0.15) is 6.54 Å². The van der Waals surface area contributed by atoms with Gasteiger partial charge < -0.3 is 10.0 Å². The first-order valence-corrected chi connectivity index (χ1v) is 6.80. The van der Waals surface area contributed by atoms with E-state index in [0.717, 1.165) is 29.2 Å². The summed E-state index contributed by atoms with van der Waals surface area (Å²) in [6.07, 6.45) is 0. The number of carbonyl (C=O) groups is 2. The second-order valence-electron chi connectivity index (χ2n) is 3.88. The molecule has 0 aliphatic heterocycles. The average molecular weight is 307 g/mol. The van der Waals surface area contributed by atoms with Gasteiger partial charge in [-0.3, -0.25) is 9.59 Å². The highest BCUT2D eigenvalue weighted by molar-refractivity contribution is 7.91. The molecular weight excluding hydrogens is 296 g/mol. The van der Waals surface area contributed by atoms with Crippen LogP contribution in [0.25, 0.3) is 0 Å². The van der Waals surface area contributed by atoms with E-state index in [4.69, 9.17) is 5.11 Å². The van der Waals surface area contributed by atoms with Crippen molar-refractivity contribution in [1.29, 1.82) is 0 Å². The summed E-state index contributed by atoms with van der Waals surface area (Å²) in [7, 11) is -3.46. The zero-order valence-electron chi connectivity index (χ0n) is 10.3. The van der Waals surface area contributed by atoms with Crippen LogP contribution in [0.5, 0.6) is 0 Å². The number of sulfone groups is 1. The molecule has 0 unspecified atom stereocenters. The Morgan fingerprint density at radius 1 is 1.25 bits per heavy atom. The number of carboxylic acid groups (broad SMARTS) is 1. The predicted molar refractivity (Wildman–Crippen MR) is 64.2 cm³/mol. The number of amides is 1. The molecule has 110 valence electrons. The molecule has 1 aromatic carbocycles. The Hall–Kier alpha value is -2.03. The maximum absolute atomic E-state index is 12.3. The maximum atomic E-state index is 12.3. The van der Waals surface area contributed by atoms with Gasteiger partial charge in [-0.15, -0.1) is 0 Å². The zero-order valence-corrected chi connectivity index (χ0v) is 11.1. The summed E-state index contributed by atoms with van der Waals surface area (Å²) < 4.78 is 46.9. The van der Waals surface area contributed by atoms with E-state index in [0.29, 0.717) is 0 Å². The minimum Gasteiger partial charge on any atom is -0.480 e. The fourth-order valence-corrected chi connectivity index (χ4v) is 2.11. The largest absolute Gasteiger partial charge is 0.480 e. The molecule has 0 aliphatic rings. The number of likely N-dealkylation sites (N-methyl/N-ethyl adjacent to an activating group) is 1. The van der Waals surface area contributed by atoms with E-state index < -0.39 is 38.9 Å². The Morgan fingerprint density at radius 2 is 1.75 bits per heavy atom. The maximum Gasteiger partial charge on any atom is 0.341 e. The molecule has 1 aromatic rings. The molecule has 0 saturated heterocycles. The standard InChI is InChI=1S/C11H11F2NO5S/c1-14(6-9(15)16)10(17)7-2-4-8(5-3-7)20(18,19)11(12)13/h2-5,11H,6H2,1H3,(H,15,16). The molecule has 0 fully saturated rings. The first kappa shape index (κ1) is 16.0. The van der Waals surface area contributed by atoms with Crippen LogP contribution in [0.2, 0.25) is 0 Å². The molecule has 1 N–H and O–H groups in total. The number of aliphatic carboxylic acids is 1. The lowest BCUT2D eigenvalue weighted by molar-refractivity contribution is -0.137. The second kappa shape index (κ2) is 5.95. The highest BCUT2D eigenvalue weighted by atomic mass is 32.2. The number of rotatable bonds is 5. The fraction of sp³-hybridized carbons (Fsp3) is 0.273. The van der Waals surface area contributed by atoms with Crippen LogP contribution in [0, 0.1) is 0 Å². The molecule has 1 amide bonds. The van der Waals surface area contributed by atoms with Gasteiger partial charge in [0.05, 0.1) is 4.90 Å². The number of benzene rings is 1. The molecule has 6 nitrogen and oxygen atoms in total. The highest BCUT2D eigenvalue weighted by Gasteiger charge is 2.26. The molecule has 20 heavy (non-hydrogen) atoms. The topological polar surface area (TPSA) is 91.8 Å². The summed E-state index contributed by atoms with van der Waals surface area (Å²) in [5.74, 6) is -5.41. The lowest BCUT2D eigenvalue weighted by Gasteiger charge is -2.14. The van der Waals surface area contributed by atoms with Gasteiger partial charge >= 0.3 is 11.7 Å². The van der Waals surface area contributed by atoms with Crippen LogP contribution < -0.4 is 0 Å². The summed E-state index contributed by atoms with van der Waals surface area (Å²) in [5.41, 5.74) is 0.00182. The van der Waals surface area contributed by atoms with Crippen molar-refractivity contribution in [3.63, 3.8) is 0 Å². The summed E-state index contributed by atoms with van der Waals surface area (Å²) >= 11 is 0. The van der Waals surface area contributed by atoms with Crippen LogP contribution >= 0.6 is 0 Å².